The molecule has 0 bridgehead atoms. The molecule has 0 heterocycles. The van der Waals surface area contributed by atoms with Gasteiger partial charge in [-0.15, -0.1) is 0 Å². The summed E-state index contributed by atoms with van der Waals surface area (Å²) >= 11 is 0. The molecule has 15 nitrogen and oxygen atoms in total. The molecule has 69 heavy (non-hydrogen) atoms. The van der Waals surface area contributed by atoms with Crippen molar-refractivity contribution in [3.05, 3.63) is 142 Å². The molecule has 0 unspecified atom stereocenters. The van der Waals surface area contributed by atoms with Gasteiger partial charge < -0.3 is 46.9 Å². The molecule has 2 saturated carbocycles. The normalized spacial score (nSPS) is 13.9. The van der Waals surface area contributed by atoms with Gasteiger partial charge in [0.25, 0.3) is 11.8 Å². The van der Waals surface area contributed by atoms with Gasteiger partial charge in [-0.25, -0.2) is 18.4 Å². The summed E-state index contributed by atoms with van der Waals surface area (Å²) in [5.41, 5.74) is 7.88. The Morgan fingerprint density at radius 2 is 1.04 bits per heavy atom. The van der Waals surface area contributed by atoms with Crippen LogP contribution in [0.25, 0.3) is 0 Å². The first-order valence-corrected chi connectivity index (χ1v) is 23.0. The topological polar surface area (TPSA) is 227 Å². The van der Waals surface area contributed by atoms with Crippen LogP contribution in [0, 0.1) is 11.6 Å². The molecule has 0 spiro atoms. The maximum absolute atomic E-state index is 14.2. The third-order valence-electron chi connectivity index (χ3n) is 10.1. The second-order valence-corrected chi connectivity index (χ2v) is 19.0. The third kappa shape index (κ3) is 22.2. The summed E-state index contributed by atoms with van der Waals surface area (Å²) in [6.07, 6.45) is 2.70. The first-order chi connectivity index (χ1) is 32.5. The van der Waals surface area contributed by atoms with Crippen molar-refractivity contribution in [3.8, 4) is 0 Å². The number of rotatable bonds is 17. The van der Waals surface area contributed by atoms with Crippen LogP contribution in [0.4, 0.5) is 18.4 Å². The summed E-state index contributed by atoms with van der Waals surface area (Å²) in [6, 6.07) is 26.1. The molecule has 4 aromatic rings. The van der Waals surface area contributed by atoms with Crippen LogP contribution in [0.5, 0.6) is 0 Å². The van der Waals surface area contributed by atoms with E-state index in [1.54, 1.807) is 96.1 Å². The second kappa shape index (κ2) is 26.0. The zero-order valence-corrected chi connectivity index (χ0v) is 40.2. The van der Waals surface area contributed by atoms with Gasteiger partial charge in [0.1, 0.15) is 22.8 Å². The SMILES string of the molecule is CC(C)(C)OC(=O)N[C@@H](CC(=O)NCc1cccc(C(=O)NC2CC2)c1)Cc1ccccc1F.CC(C)(C)OC(=O)N[C@@H](CC(=O)O)Cc1ccccc1F.NCc1cccc(C(=O)NC2CC2)c1. The lowest BCUT2D eigenvalue weighted by Crippen LogP contribution is -2.43. The van der Waals surface area contributed by atoms with Gasteiger partial charge in [-0.1, -0.05) is 60.7 Å². The number of carbonyl (C=O) groups excluding carboxylic acids is 5. The predicted octanol–water partition coefficient (Wildman–Crippen LogP) is 7.63. The molecular weight excluding hydrogens is 891 g/mol. The number of hydrogen-bond donors (Lipinski definition) is 7. The third-order valence-corrected chi connectivity index (χ3v) is 10.1. The maximum atomic E-state index is 14.2. The molecule has 372 valence electrons. The van der Waals surface area contributed by atoms with Gasteiger partial charge in [0, 0.05) is 54.8 Å². The van der Waals surface area contributed by atoms with E-state index in [9.17, 15) is 37.5 Å². The van der Waals surface area contributed by atoms with Crippen LogP contribution in [-0.2, 0) is 45.0 Å². The van der Waals surface area contributed by atoms with Crippen LogP contribution in [0.3, 0.4) is 0 Å². The van der Waals surface area contributed by atoms with E-state index in [-0.39, 0.29) is 56.0 Å². The highest BCUT2D eigenvalue weighted by Gasteiger charge is 2.26. The molecule has 0 saturated heterocycles. The molecular formula is C52H66F2N6O9. The van der Waals surface area contributed by atoms with Crippen molar-refractivity contribution in [2.24, 2.45) is 5.73 Å². The summed E-state index contributed by atoms with van der Waals surface area (Å²) in [4.78, 5) is 71.4. The van der Waals surface area contributed by atoms with Crippen molar-refractivity contribution in [2.75, 3.05) is 0 Å². The summed E-state index contributed by atoms with van der Waals surface area (Å²) in [5, 5.41) is 22.7. The van der Waals surface area contributed by atoms with Crippen molar-refractivity contribution in [2.45, 2.75) is 141 Å². The van der Waals surface area contributed by atoms with E-state index in [0.29, 0.717) is 34.8 Å². The molecule has 4 aromatic carbocycles. The lowest BCUT2D eigenvalue weighted by atomic mass is 10.0. The van der Waals surface area contributed by atoms with Crippen molar-refractivity contribution in [3.63, 3.8) is 0 Å². The Balaban J connectivity index is 0.000000250. The number of ether oxygens (including phenoxy) is 2. The number of benzene rings is 4. The zero-order valence-electron chi connectivity index (χ0n) is 40.2. The summed E-state index contributed by atoms with van der Waals surface area (Å²) in [7, 11) is 0. The van der Waals surface area contributed by atoms with Crippen LogP contribution in [0.2, 0.25) is 0 Å². The average Bonchev–Trinajstić information content (AvgIpc) is 4.22. The number of nitrogens with two attached hydrogens (primary N) is 1. The second-order valence-electron chi connectivity index (χ2n) is 19.0. The molecule has 0 radical (unpaired) electrons. The smallest absolute Gasteiger partial charge is 0.407 e. The summed E-state index contributed by atoms with van der Waals surface area (Å²) in [5.74, 6) is -2.33. The Bertz CT molecular complexity index is 2380. The number of aliphatic carboxylic acids is 1. The van der Waals surface area contributed by atoms with Crippen molar-refractivity contribution in [1.29, 1.82) is 0 Å². The Kier molecular flexibility index (Phi) is 20.6. The minimum atomic E-state index is -1.08. The number of hydrogen-bond acceptors (Lipinski definition) is 9. The Morgan fingerprint density at radius 1 is 0.623 bits per heavy atom. The van der Waals surface area contributed by atoms with Gasteiger partial charge >= 0.3 is 18.2 Å². The van der Waals surface area contributed by atoms with Gasteiger partial charge in [0.2, 0.25) is 5.91 Å². The molecule has 17 heteroatoms. The number of carbonyl (C=O) groups is 6. The molecule has 2 fully saturated rings. The van der Waals surface area contributed by atoms with E-state index >= 15 is 0 Å². The van der Waals surface area contributed by atoms with Crippen LogP contribution in [-0.4, -0.2) is 76.4 Å². The molecule has 0 aliphatic heterocycles. The molecule has 2 aliphatic rings. The first kappa shape index (κ1) is 54.7. The zero-order chi connectivity index (χ0) is 50.7. The van der Waals surface area contributed by atoms with Crippen LogP contribution in [0.1, 0.15) is 123 Å². The molecule has 8 N–H and O–H groups in total. The van der Waals surface area contributed by atoms with E-state index in [1.165, 1.54) is 12.1 Å². The van der Waals surface area contributed by atoms with E-state index in [2.05, 4.69) is 26.6 Å². The van der Waals surface area contributed by atoms with Gasteiger partial charge in [0.05, 0.1) is 6.42 Å². The standard InChI is InChI=1S/C26H32FN3O4.C15H20FNO4.C11H14N2O/c1-26(2,3)34-25(33)30-21(14-18-8-4-5-10-22(18)27)15-23(31)28-16-17-7-6-9-19(13-17)24(32)29-20-11-12-20;1-15(2,3)21-14(20)17-11(9-13(18)19)8-10-6-4-5-7-12(10)16;12-7-8-2-1-3-9(6-8)11(14)13-10-4-5-10/h4-10,13,20-21H,11-12,14-16H2,1-3H3,(H,28,31)(H,29,32)(H,30,33);4-7,11H,8-9H2,1-3H3,(H,17,20)(H,18,19);1-3,6,10H,4-5,7,12H2,(H,13,14)/t21-;11-;/m11./s1. The highest BCUT2D eigenvalue weighted by atomic mass is 19.1. The van der Waals surface area contributed by atoms with Crippen molar-refractivity contribution >= 4 is 35.9 Å². The van der Waals surface area contributed by atoms with Crippen LogP contribution in [0.15, 0.2) is 97.1 Å². The van der Waals surface area contributed by atoms with Crippen LogP contribution < -0.4 is 32.3 Å². The molecule has 0 aromatic heterocycles. The van der Waals surface area contributed by atoms with E-state index in [4.69, 9.17) is 20.3 Å². The number of alkyl carbamates (subject to hydrolysis) is 2. The average molecular weight is 957 g/mol. The van der Waals surface area contributed by atoms with Gasteiger partial charge in [-0.2, -0.15) is 0 Å². The molecule has 2 aliphatic carbocycles. The maximum Gasteiger partial charge on any atom is 0.407 e. The Hall–Kier alpha value is -6.88. The number of amides is 5. The lowest BCUT2D eigenvalue weighted by molar-refractivity contribution is -0.137. The van der Waals surface area contributed by atoms with Gasteiger partial charge in [-0.3, -0.25) is 19.2 Å². The van der Waals surface area contributed by atoms with Gasteiger partial charge in [-0.05, 0) is 139 Å². The van der Waals surface area contributed by atoms with Crippen molar-refractivity contribution in [1.82, 2.24) is 26.6 Å². The highest BCUT2D eigenvalue weighted by molar-refractivity contribution is 5.95. The molecule has 5 amide bonds. The van der Waals surface area contributed by atoms with Gasteiger partial charge in [0.15, 0.2) is 0 Å². The van der Waals surface area contributed by atoms with E-state index < -0.39 is 53.1 Å². The quantitative estimate of drug-likeness (QED) is 0.0548. The van der Waals surface area contributed by atoms with Crippen LogP contribution >= 0.6 is 0 Å². The highest BCUT2D eigenvalue weighted by Crippen LogP contribution is 2.21. The fraction of sp³-hybridized carbons (Fsp3) is 0.423. The Labute approximate surface area is 402 Å². The van der Waals surface area contributed by atoms with E-state index in [1.807, 2.05) is 30.3 Å². The monoisotopic (exact) mass is 956 g/mol. The largest absolute Gasteiger partial charge is 0.481 e. The Morgan fingerprint density at radius 3 is 1.45 bits per heavy atom. The molecule has 6 rings (SSSR count). The summed E-state index contributed by atoms with van der Waals surface area (Å²) in [6.45, 7) is 11.0. The predicted molar refractivity (Wildman–Crippen MR) is 257 cm³/mol. The number of halogens is 2. The molecule has 2 atom stereocenters. The number of carboxylic acid groups (broad SMARTS) is 1. The lowest BCUT2D eigenvalue weighted by Gasteiger charge is -2.23. The first-order valence-electron chi connectivity index (χ1n) is 23.0. The minimum absolute atomic E-state index is 0.0165. The number of carboxylic acids is 1. The van der Waals surface area contributed by atoms with Crippen molar-refractivity contribution < 1.29 is 52.1 Å². The van der Waals surface area contributed by atoms with E-state index in [0.717, 1.165) is 36.8 Å². The fourth-order valence-corrected chi connectivity index (χ4v) is 6.52. The summed E-state index contributed by atoms with van der Waals surface area (Å²) < 4.78 is 38.2. The number of nitrogens with one attached hydrogen (secondary N) is 5. The minimum Gasteiger partial charge on any atom is -0.481 e. The fourth-order valence-electron chi connectivity index (χ4n) is 6.52.